The van der Waals surface area contributed by atoms with Crippen LogP contribution in [0.1, 0.15) is 16.1 Å². The number of furan rings is 1. The van der Waals surface area contributed by atoms with Gasteiger partial charge in [-0.25, -0.2) is 9.37 Å². The molecule has 1 amide bonds. The van der Waals surface area contributed by atoms with Gasteiger partial charge in [0.15, 0.2) is 17.3 Å². The Bertz CT molecular complexity index is 1480. The summed E-state index contributed by atoms with van der Waals surface area (Å²) < 4.78 is 30.6. The highest BCUT2D eigenvalue weighted by molar-refractivity contribution is 7.19. The van der Waals surface area contributed by atoms with Gasteiger partial charge < -0.3 is 19.2 Å². The molecular formula is C28H21FN2O4S. The fourth-order valence-corrected chi connectivity index (χ4v) is 4.56. The Morgan fingerprint density at radius 2 is 1.78 bits per heavy atom. The van der Waals surface area contributed by atoms with Gasteiger partial charge in [-0.1, -0.05) is 59.9 Å². The third kappa shape index (κ3) is 4.99. The smallest absolute Gasteiger partial charge is 0.292 e. The summed E-state index contributed by atoms with van der Waals surface area (Å²) in [5.41, 5.74) is 2.75. The molecule has 0 radical (unpaired) electrons. The molecule has 5 aromatic rings. The number of aromatic nitrogens is 1. The standard InChI is InChI=1S/C28H21FN2O4S/c1-33-24-16-19(13-14-22(24)35-17-20-10-5-6-11-21(20)29)27-30-25(18-8-3-2-4-9-18)28(36-27)31-26(32)23-12-7-15-34-23/h2-16H,17H2,1H3,(H,31,32). The molecule has 0 aliphatic rings. The molecule has 0 bridgehead atoms. The zero-order valence-electron chi connectivity index (χ0n) is 19.2. The molecule has 0 saturated heterocycles. The van der Waals surface area contributed by atoms with E-state index < -0.39 is 0 Å². The average molecular weight is 501 g/mol. The van der Waals surface area contributed by atoms with Crippen molar-refractivity contribution in [3.05, 3.63) is 108 Å². The van der Waals surface area contributed by atoms with Crippen LogP contribution >= 0.6 is 11.3 Å². The van der Waals surface area contributed by atoms with Gasteiger partial charge in [0.05, 0.1) is 13.4 Å². The molecule has 0 aliphatic carbocycles. The molecule has 36 heavy (non-hydrogen) atoms. The first-order valence-electron chi connectivity index (χ1n) is 11.1. The van der Waals surface area contributed by atoms with Gasteiger partial charge in [0.2, 0.25) is 0 Å². The number of benzene rings is 3. The van der Waals surface area contributed by atoms with Gasteiger partial charge >= 0.3 is 0 Å². The number of thiazole rings is 1. The van der Waals surface area contributed by atoms with E-state index in [1.54, 1.807) is 43.5 Å². The Morgan fingerprint density at radius 3 is 2.53 bits per heavy atom. The third-order valence-corrected chi connectivity index (χ3v) is 6.42. The van der Waals surface area contributed by atoms with E-state index in [0.717, 1.165) is 11.1 Å². The number of hydrogen-bond acceptors (Lipinski definition) is 6. The zero-order chi connectivity index (χ0) is 24.9. The van der Waals surface area contributed by atoms with Crippen LogP contribution < -0.4 is 14.8 Å². The van der Waals surface area contributed by atoms with Crippen molar-refractivity contribution in [2.45, 2.75) is 6.61 Å². The molecule has 0 aliphatic heterocycles. The number of hydrogen-bond donors (Lipinski definition) is 1. The molecule has 0 unspecified atom stereocenters. The predicted octanol–water partition coefficient (Wildman–Crippen LogP) is 7.05. The van der Waals surface area contributed by atoms with E-state index in [1.807, 2.05) is 42.5 Å². The highest BCUT2D eigenvalue weighted by atomic mass is 32.1. The average Bonchev–Trinajstić information content (AvgIpc) is 3.60. The first kappa shape index (κ1) is 23.3. The largest absolute Gasteiger partial charge is 0.493 e. The van der Waals surface area contributed by atoms with Crippen LogP contribution in [0.5, 0.6) is 11.5 Å². The van der Waals surface area contributed by atoms with Crippen LogP contribution in [-0.2, 0) is 6.61 Å². The minimum absolute atomic E-state index is 0.0702. The number of ether oxygens (including phenoxy) is 2. The summed E-state index contributed by atoms with van der Waals surface area (Å²) in [6, 6.07) is 24.8. The summed E-state index contributed by atoms with van der Waals surface area (Å²) in [6.45, 7) is 0.0702. The molecule has 0 saturated carbocycles. The van der Waals surface area contributed by atoms with Gasteiger partial charge in [-0.2, -0.15) is 0 Å². The molecule has 3 aromatic carbocycles. The van der Waals surface area contributed by atoms with Crippen LogP contribution in [0.4, 0.5) is 9.39 Å². The summed E-state index contributed by atoms with van der Waals surface area (Å²) in [7, 11) is 1.54. The van der Waals surface area contributed by atoms with Gasteiger partial charge in [0, 0.05) is 16.7 Å². The SMILES string of the molecule is COc1cc(-c2nc(-c3ccccc3)c(NC(=O)c3ccco3)s2)ccc1OCc1ccccc1F. The second kappa shape index (κ2) is 10.5. The quantitative estimate of drug-likeness (QED) is 0.247. The van der Waals surface area contributed by atoms with E-state index in [9.17, 15) is 9.18 Å². The van der Waals surface area contributed by atoms with E-state index in [4.69, 9.17) is 18.9 Å². The van der Waals surface area contributed by atoms with Crippen LogP contribution in [0.15, 0.2) is 95.6 Å². The molecule has 0 fully saturated rings. The molecule has 6 nitrogen and oxygen atoms in total. The maximum absolute atomic E-state index is 14.0. The molecule has 8 heteroatoms. The molecule has 180 valence electrons. The van der Waals surface area contributed by atoms with Crippen molar-refractivity contribution >= 4 is 22.2 Å². The monoisotopic (exact) mass is 500 g/mol. The number of methoxy groups -OCH3 is 1. The fourth-order valence-electron chi connectivity index (χ4n) is 3.58. The number of anilines is 1. The van der Waals surface area contributed by atoms with Gasteiger partial charge in [-0.15, -0.1) is 0 Å². The molecule has 0 atom stereocenters. The Balaban J connectivity index is 1.45. The number of carbonyl (C=O) groups is 1. The van der Waals surface area contributed by atoms with E-state index in [0.29, 0.717) is 32.8 Å². The fraction of sp³-hybridized carbons (Fsp3) is 0.0714. The van der Waals surface area contributed by atoms with Crippen molar-refractivity contribution < 1.29 is 23.1 Å². The van der Waals surface area contributed by atoms with Gasteiger partial charge in [0.1, 0.15) is 28.1 Å². The summed E-state index contributed by atoms with van der Waals surface area (Å²) in [5.74, 6) is 0.495. The lowest BCUT2D eigenvalue weighted by Crippen LogP contribution is -2.10. The molecular weight excluding hydrogens is 479 g/mol. The lowest BCUT2D eigenvalue weighted by atomic mass is 10.1. The molecule has 1 N–H and O–H groups in total. The van der Waals surface area contributed by atoms with Crippen LogP contribution in [0, 0.1) is 5.82 Å². The van der Waals surface area contributed by atoms with Crippen molar-refractivity contribution in [3.63, 3.8) is 0 Å². The number of nitrogens with one attached hydrogen (secondary N) is 1. The lowest BCUT2D eigenvalue weighted by Gasteiger charge is -2.12. The summed E-state index contributed by atoms with van der Waals surface area (Å²) >= 11 is 1.34. The lowest BCUT2D eigenvalue weighted by molar-refractivity contribution is 0.0997. The van der Waals surface area contributed by atoms with Gasteiger partial charge in [0.25, 0.3) is 5.91 Å². The zero-order valence-corrected chi connectivity index (χ0v) is 20.1. The highest BCUT2D eigenvalue weighted by Crippen LogP contribution is 2.40. The summed E-state index contributed by atoms with van der Waals surface area (Å²) in [4.78, 5) is 17.5. The Hall–Kier alpha value is -4.43. The maximum atomic E-state index is 14.0. The van der Waals surface area contributed by atoms with Crippen LogP contribution in [-0.4, -0.2) is 18.0 Å². The van der Waals surface area contributed by atoms with Crippen molar-refractivity contribution in [1.82, 2.24) is 4.98 Å². The van der Waals surface area contributed by atoms with Crippen molar-refractivity contribution in [2.75, 3.05) is 12.4 Å². The van der Waals surface area contributed by atoms with E-state index in [1.165, 1.54) is 23.7 Å². The minimum atomic E-state index is -0.359. The third-order valence-electron chi connectivity index (χ3n) is 5.40. The molecule has 5 rings (SSSR count). The van der Waals surface area contributed by atoms with Crippen LogP contribution in [0.3, 0.4) is 0 Å². The van der Waals surface area contributed by atoms with E-state index >= 15 is 0 Å². The number of amides is 1. The first-order valence-corrected chi connectivity index (χ1v) is 11.9. The minimum Gasteiger partial charge on any atom is -0.493 e. The van der Waals surface area contributed by atoms with Gasteiger partial charge in [-0.3, -0.25) is 4.79 Å². The molecule has 2 aromatic heterocycles. The summed E-state index contributed by atoms with van der Waals surface area (Å²) in [6.07, 6.45) is 1.45. The first-order chi connectivity index (χ1) is 17.6. The van der Waals surface area contributed by atoms with Crippen molar-refractivity contribution in [3.8, 4) is 33.3 Å². The maximum Gasteiger partial charge on any atom is 0.292 e. The Morgan fingerprint density at radius 1 is 0.972 bits per heavy atom. The highest BCUT2D eigenvalue weighted by Gasteiger charge is 2.19. The Labute approximate surface area is 211 Å². The number of halogens is 1. The summed E-state index contributed by atoms with van der Waals surface area (Å²) in [5, 5.41) is 4.19. The van der Waals surface area contributed by atoms with Crippen molar-refractivity contribution in [1.29, 1.82) is 0 Å². The van der Waals surface area contributed by atoms with Crippen molar-refractivity contribution in [2.24, 2.45) is 0 Å². The topological polar surface area (TPSA) is 73.6 Å². The second-order valence-electron chi connectivity index (χ2n) is 7.74. The molecule has 2 heterocycles. The number of nitrogens with zero attached hydrogens (tertiary/aromatic N) is 1. The number of carbonyl (C=O) groups excluding carboxylic acids is 1. The normalized spacial score (nSPS) is 10.7. The van der Waals surface area contributed by atoms with E-state index in [-0.39, 0.29) is 24.1 Å². The van der Waals surface area contributed by atoms with Crippen LogP contribution in [0.25, 0.3) is 21.8 Å². The number of rotatable bonds is 8. The molecule has 0 spiro atoms. The predicted molar refractivity (Wildman–Crippen MR) is 137 cm³/mol. The van der Waals surface area contributed by atoms with Crippen LogP contribution in [0.2, 0.25) is 0 Å². The van der Waals surface area contributed by atoms with Gasteiger partial charge in [-0.05, 0) is 36.4 Å². The van der Waals surface area contributed by atoms with E-state index in [2.05, 4.69) is 5.32 Å². The Kier molecular flexibility index (Phi) is 6.77. The second-order valence-corrected chi connectivity index (χ2v) is 8.74.